The molecule has 0 N–H and O–H groups in total. The number of hydrogen-bond donors (Lipinski definition) is 0. The van der Waals surface area contributed by atoms with E-state index in [2.05, 4.69) is 39.8 Å². The summed E-state index contributed by atoms with van der Waals surface area (Å²) < 4.78 is 0. The van der Waals surface area contributed by atoms with Gasteiger partial charge in [0.25, 0.3) is 0 Å². The first kappa shape index (κ1) is 7.48. The van der Waals surface area contributed by atoms with Crippen molar-refractivity contribution in [1.29, 1.82) is 0 Å². The molecular formula is C8H14. The first-order valence-electron chi connectivity index (χ1n) is 2.98. The lowest BCUT2D eigenvalue weighted by atomic mass is 10.1. The van der Waals surface area contributed by atoms with Crippen LogP contribution in [0.5, 0.6) is 0 Å². The van der Waals surface area contributed by atoms with Crippen molar-refractivity contribution < 1.29 is 0 Å². The first-order chi connectivity index (χ1) is 3.72. The SMILES string of the molecule is C/C=C(C)/C(C)=C/C. The molecule has 0 atom stereocenters. The summed E-state index contributed by atoms with van der Waals surface area (Å²) in [5.41, 5.74) is 2.74. The lowest BCUT2D eigenvalue weighted by molar-refractivity contribution is 1.31. The van der Waals surface area contributed by atoms with E-state index in [0.717, 1.165) is 0 Å². The van der Waals surface area contributed by atoms with Gasteiger partial charge in [0, 0.05) is 0 Å². The fourth-order valence-electron chi connectivity index (χ4n) is 0.455. The normalized spacial score (nSPS) is 14.5. The average Bonchev–Trinajstić information content (AvgIpc) is 1.84. The molecule has 0 aromatic heterocycles. The van der Waals surface area contributed by atoms with Crippen LogP contribution in [0.2, 0.25) is 0 Å². The summed E-state index contributed by atoms with van der Waals surface area (Å²) in [6, 6.07) is 0. The van der Waals surface area contributed by atoms with Crippen LogP contribution in [-0.4, -0.2) is 0 Å². The van der Waals surface area contributed by atoms with Gasteiger partial charge in [0.15, 0.2) is 0 Å². The van der Waals surface area contributed by atoms with Gasteiger partial charge in [-0.1, -0.05) is 23.3 Å². The summed E-state index contributed by atoms with van der Waals surface area (Å²) in [7, 11) is 0. The Labute approximate surface area is 51.9 Å². The van der Waals surface area contributed by atoms with E-state index < -0.39 is 0 Å². The van der Waals surface area contributed by atoms with Crippen molar-refractivity contribution in [2.45, 2.75) is 27.7 Å². The number of rotatable bonds is 1. The zero-order valence-electron chi connectivity index (χ0n) is 6.15. The maximum atomic E-state index is 2.12. The topological polar surface area (TPSA) is 0 Å². The summed E-state index contributed by atoms with van der Waals surface area (Å²) >= 11 is 0. The second-order valence-electron chi connectivity index (χ2n) is 1.94. The molecule has 0 heterocycles. The molecule has 0 aliphatic heterocycles. The molecule has 0 saturated carbocycles. The van der Waals surface area contributed by atoms with Crippen molar-refractivity contribution in [2.75, 3.05) is 0 Å². The van der Waals surface area contributed by atoms with Gasteiger partial charge in [0.1, 0.15) is 0 Å². The molecule has 8 heavy (non-hydrogen) atoms. The molecule has 0 radical (unpaired) electrons. The van der Waals surface area contributed by atoms with Gasteiger partial charge in [-0.25, -0.2) is 0 Å². The van der Waals surface area contributed by atoms with E-state index >= 15 is 0 Å². The third kappa shape index (κ3) is 1.97. The van der Waals surface area contributed by atoms with Crippen LogP contribution in [0.4, 0.5) is 0 Å². The molecule has 0 saturated heterocycles. The summed E-state index contributed by atoms with van der Waals surface area (Å²) in [6.45, 7) is 8.36. The third-order valence-corrected chi connectivity index (χ3v) is 1.49. The van der Waals surface area contributed by atoms with E-state index in [1.807, 2.05) is 0 Å². The van der Waals surface area contributed by atoms with E-state index in [4.69, 9.17) is 0 Å². The lowest BCUT2D eigenvalue weighted by Crippen LogP contribution is -1.74. The zero-order valence-corrected chi connectivity index (χ0v) is 6.15. The molecule has 0 bridgehead atoms. The minimum atomic E-state index is 1.37. The van der Waals surface area contributed by atoms with Crippen LogP contribution in [0, 0.1) is 0 Å². The molecule has 0 aromatic rings. The molecule has 0 spiro atoms. The summed E-state index contributed by atoms with van der Waals surface area (Å²) in [4.78, 5) is 0. The molecule has 46 valence electrons. The second kappa shape index (κ2) is 3.48. The Hall–Kier alpha value is -0.520. The lowest BCUT2D eigenvalue weighted by Gasteiger charge is -1.95. The molecule has 0 unspecified atom stereocenters. The van der Waals surface area contributed by atoms with E-state index in [-0.39, 0.29) is 0 Å². The van der Waals surface area contributed by atoms with Gasteiger partial charge in [-0.15, -0.1) is 0 Å². The molecule has 0 aromatic carbocycles. The molecular weight excluding hydrogens is 96.1 g/mol. The number of allylic oxidation sites excluding steroid dienone is 4. The smallest absolute Gasteiger partial charge is 0.0399 e. The van der Waals surface area contributed by atoms with Gasteiger partial charge >= 0.3 is 0 Å². The molecule has 0 aliphatic carbocycles. The van der Waals surface area contributed by atoms with Crippen LogP contribution in [0.25, 0.3) is 0 Å². The maximum absolute atomic E-state index is 2.12. The minimum Gasteiger partial charge on any atom is -0.0845 e. The van der Waals surface area contributed by atoms with E-state index in [0.29, 0.717) is 0 Å². The van der Waals surface area contributed by atoms with Gasteiger partial charge in [-0.3, -0.25) is 0 Å². The Morgan fingerprint density at radius 3 is 1.25 bits per heavy atom. The highest BCUT2D eigenvalue weighted by Gasteiger charge is 1.84. The van der Waals surface area contributed by atoms with Crippen LogP contribution >= 0.6 is 0 Å². The summed E-state index contributed by atoms with van der Waals surface area (Å²) in [5.74, 6) is 0. The Balaban J connectivity index is 4.04. The van der Waals surface area contributed by atoms with Gasteiger partial charge in [-0.05, 0) is 27.7 Å². The molecule has 0 aliphatic rings. The molecule has 0 heteroatoms. The fourth-order valence-corrected chi connectivity index (χ4v) is 0.455. The Morgan fingerprint density at radius 2 is 1.12 bits per heavy atom. The van der Waals surface area contributed by atoms with E-state index in [1.165, 1.54) is 11.1 Å². The van der Waals surface area contributed by atoms with Gasteiger partial charge in [0.2, 0.25) is 0 Å². The van der Waals surface area contributed by atoms with Gasteiger partial charge < -0.3 is 0 Å². The van der Waals surface area contributed by atoms with Crippen molar-refractivity contribution in [1.82, 2.24) is 0 Å². The largest absolute Gasteiger partial charge is 0.0845 e. The number of hydrogen-bond acceptors (Lipinski definition) is 0. The first-order valence-corrected chi connectivity index (χ1v) is 2.98. The van der Waals surface area contributed by atoms with E-state index in [1.54, 1.807) is 0 Å². The van der Waals surface area contributed by atoms with E-state index in [9.17, 15) is 0 Å². The predicted molar refractivity (Wildman–Crippen MR) is 38.9 cm³/mol. The quantitative estimate of drug-likeness (QED) is 0.455. The fraction of sp³-hybridized carbons (Fsp3) is 0.500. The third-order valence-electron chi connectivity index (χ3n) is 1.49. The van der Waals surface area contributed by atoms with Crippen molar-refractivity contribution >= 4 is 0 Å². The van der Waals surface area contributed by atoms with Gasteiger partial charge in [-0.2, -0.15) is 0 Å². The predicted octanol–water partition coefficient (Wildman–Crippen LogP) is 2.92. The molecule has 0 rings (SSSR count). The monoisotopic (exact) mass is 110 g/mol. The molecule has 0 fully saturated rings. The minimum absolute atomic E-state index is 1.37. The van der Waals surface area contributed by atoms with Crippen molar-refractivity contribution in [2.24, 2.45) is 0 Å². The van der Waals surface area contributed by atoms with Crippen LogP contribution < -0.4 is 0 Å². The van der Waals surface area contributed by atoms with Crippen molar-refractivity contribution in [3.05, 3.63) is 23.3 Å². The van der Waals surface area contributed by atoms with Crippen molar-refractivity contribution in [3.63, 3.8) is 0 Å². The zero-order chi connectivity index (χ0) is 6.57. The Kier molecular flexibility index (Phi) is 3.25. The Bertz CT molecular complexity index is 100. The molecule has 0 amide bonds. The highest BCUT2D eigenvalue weighted by molar-refractivity contribution is 5.25. The highest BCUT2D eigenvalue weighted by Crippen LogP contribution is 2.05. The van der Waals surface area contributed by atoms with Crippen LogP contribution in [0.15, 0.2) is 23.3 Å². The molecule has 0 nitrogen and oxygen atoms in total. The highest BCUT2D eigenvalue weighted by atomic mass is 13.9. The average molecular weight is 110 g/mol. The Morgan fingerprint density at radius 1 is 0.875 bits per heavy atom. The summed E-state index contributed by atoms with van der Waals surface area (Å²) in [6.07, 6.45) is 4.24. The van der Waals surface area contributed by atoms with Crippen LogP contribution in [-0.2, 0) is 0 Å². The summed E-state index contributed by atoms with van der Waals surface area (Å²) in [5, 5.41) is 0. The second-order valence-corrected chi connectivity index (χ2v) is 1.94. The van der Waals surface area contributed by atoms with Crippen molar-refractivity contribution in [3.8, 4) is 0 Å². The standard InChI is InChI=1S/C8H14/c1-5-7(3)8(4)6-2/h5-6H,1-4H3/b7-5+,8-6+. The van der Waals surface area contributed by atoms with Crippen LogP contribution in [0.3, 0.4) is 0 Å². The maximum Gasteiger partial charge on any atom is -0.0399 e. The van der Waals surface area contributed by atoms with Gasteiger partial charge in [0.05, 0.1) is 0 Å². The van der Waals surface area contributed by atoms with Crippen LogP contribution in [0.1, 0.15) is 27.7 Å².